The van der Waals surface area contributed by atoms with Crippen LogP contribution < -0.4 is 45.6 Å². The maximum Gasteiger partial charge on any atom is 0.293 e. The minimum absolute atomic E-state index is 0. The van der Waals surface area contributed by atoms with Gasteiger partial charge in [0.1, 0.15) is 0 Å². The molecule has 2 rings (SSSR count). The fraction of sp³-hybridized carbons (Fsp3) is 0.667. The second-order valence-electron chi connectivity index (χ2n) is 4.76. The average molecular weight is 369 g/mol. The first-order valence-electron chi connectivity index (χ1n) is 7.05. The number of nitrogens with two attached hydrogens (primary N) is 2. The number of nitrogen functional groups attached to an aromatic ring is 2. The van der Waals surface area contributed by atoms with E-state index in [0.717, 1.165) is 45.4 Å². The van der Waals surface area contributed by atoms with Gasteiger partial charge in [-0.1, -0.05) is 9.36 Å². The lowest BCUT2D eigenvalue weighted by Crippen LogP contribution is -3.00. The van der Waals surface area contributed by atoms with E-state index in [1.165, 1.54) is 0 Å². The minimum atomic E-state index is 0. The molecule has 11 heteroatoms. The van der Waals surface area contributed by atoms with Gasteiger partial charge in [0.15, 0.2) is 13.1 Å². The van der Waals surface area contributed by atoms with Gasteiger partial charge in [-0.2, -0.15) is 0 Å². The standard InChI is InChI=1S/C12H22N6O3.2ClH/c13-11-9-17(15-20-11)5-2-1-3-7-19-8-4-6-18-10-12(14)21-16-18;;/h9-10H,1-8,13-14H2;2*1H/q+2;;/p-2. The number of hydrogen-bond acceptors (Lipinski definition) is 7. The third-order valence-electron chi connectivity index (χ3n) is 2.91. The van der Waals surface area contributed by atoms with E-state index in [-0.39, 0.29) is 24.8 Å². The first-order chi connectivity index (χ1) is 10.2. The molecule has 0 saturated carbocycles. The molecule has 132 valence electrons. The van der Waals surface area contributed by atoms with Crippen molar-refractivity contribution in [2.45, 2.75) is 38.8 Å². The lowest BCUT2D eigenvalue weighted by molar-refractivity contribution is -0.762. The van der Waals surface area contributed by atoms with Crippen molar-refractivity contribution in [1.29, 1.82) is 0 Å². The molecule has 0 aliphatic rings. The largest absolute Gasteiger partial charge is 1.00 e. The Kier molecular flexibility index (Phi) is 11.1. The van der Waals surface area contributed by atoms with Gasteiger partial charge >= 0.3 is 0 Å². The molecular weight excluding hydrogens is 347 g/mol. The first kappa shape index (κ1) is 21.4. The van der Waals surface area contributed by atoms with Crippen molar-refractivity contribution in [3.05, 3.63) is 12.4 Å². The summed E-state index contributed by atoms with van der Waals surface area (Å²) < 4.78 is 18.4. The van der Waals surface area contributed by atoms with Crippen LogP contribution in [0.1, 0.15) is 25.7 Å². The van der Waals surface area contributed by atoms with Gasteiger partial charge in [-0.25, -0.2) is 0 Å². The van der Waals surface area contributed by atoms with Crippen LogP contribution in [0.4, 0.5) is 11.8 Å². The van der Waals surface area contributed by atoms with Crippen LogP contribution >= 0.6 is 0 Å². The van der Waals surface area contributed by atoms with Crippen molar-refractivity contribution in [2.75, 3.05) is 24.7 Å². The minimum Gasteiger partial charge on any atom is -1.00 e. The molecule has 0 aliphatic carbocycles. The fourth-order valence-corrected chi connectivity index (χ4v) is 1.88. The van der Waals surface area contributed by atoms with Crippen LogP contribution in [0.25, 0.3) is 0 Å². The van der Waals surface area contributed by atoms with E-state index in [0.29, 0.717) is 18.4 Å². The molecule has 0 radical (unpaired) electrons. The van der Waals surface area contributed by atoms with Crippen LogP contribution in [0.3, 0.4) is 0 Å². The smallest absolute Gasteiger partial charge is 0.293 e. The maximum absolute atomic E-state index is 5.55. The number of anilines is 2. The van der Waals surface area contributed by atoms with Gasteiger partial charge in [0.25, 0.3) is 24.2 Å². The zero-order chi connectivity index (χ0) is 14.9. The number of ether oxygens (including phenoxy) is 1. The van der Waals surface area contributed by atoms with Crippen molar-refractivity contribution in [3.63, 3.8) is 0 Å². The zero-order valence-electron chi connectivity index (χ0n) is 12.7. The molecule has 0 atom stereocenters. The lowest BCUT2D eigenvalue weighted by Gasteiger charge is -2.00. The summed E-state index contributed by atoms with van der Waals surface area (Å²) in [6.07, 6.45) is 7.35. The first-order valence-corrected chi connectivity index (χ1v) is 7.05. The normalized spacial score (nSPS) is 10.1. The predicted octanol–water partition coefficient (Wildman–Crippen LogP) is -6.31. The number of hydrogen-bond donors (Lipinski definition) is 2. The van der Waals surface area contributed by atoms with Crippen molar-refractivity contribution in [3.8, 4) is 0 Å². The number of nitrogens with zero attached hydrogens (tertiary/aromatic N) is 4. The van der Waals surface area contributed by atoms with E-state index in [9.17, 15) is 0 Å². The number of aromatic nitrogens is 4. The van der Waals surface area contributed by atoms with Gasteiger partial charge < -0.3 is 41.0 Å². The average Bonchev–Trinajstić information content (AvgIpc) is 3.06. The summed E-state index contributed by atoms with van der Waals surface area (Å²) in [6.45, 7) is 3.02. The lowest BCUT2D eigenvalue weighted by atomic mass is 10.2. The molecule has 0 aromatic carbocycles. The molecule has 4 N–H and O–H groups in total. The van der Waals surface area contributed by atoms with E-state index in [1.807, 2.05) is 0 Å². The molecule has 0 saturated heterocycles. The van der Waals surface area contributed by atoms with Gasteiger partial charge in [-0.15, -0.1) is 0 Å². The Hall–Kier alpha value is -1.58. The molecular formula is C12H22Cl2N6O3. The van der Waals surface area contributed by atoms with Crippen LogP contribution in [0.15, 0.2) is 21.4 Å². The number of rotatable bonds is 10. The molecule has 0 bridgehead atoms. The van der Waals surface area contributed by atoms with Gasteiger partial charge in [-0.3, -0.25) is 9.05 Å². The van der Waals surface area contributed by atoms with Crippen molar-refractivity contribution in [2.24, 2.45) is 0 Å². The third kappa shape index (κ3) is 8.58. The Labute approximate surface area is 146 Å². The summed E-state index contributed by atoms with van der Waals surface area (Å²) in [5.74, 6) is 0.660. The maximum atomic E-state index is 5.55. The van der Waals surface area contributed by atoms with Gasteiger partial charge in [0.05, 0.1) is 6.61 Å². The Morgan fingerprint density at radius 1 is 0.826 bits per heavy atom. The topological polar surface area (TPSA) is 121 Å². The van der Waals surface area contributed by atoms with E-state index in [4.69, 9.17) is 25.3 Å². The summed E-state index contributed by atoms with van der Waals surface area (Å²) in [5, 5.41) is 7.51. The molecule has 0 amide bonds. The fourth-order valence-electron chi connectivity index (χ4n) is 1.88. The van der Waals surface area contributed by atoms with Crippen LogP contribution in [0, 0.1) is 0 Å². The van der Waals surface area contributed by atoms with E-state index < -0.39 is 0 Å². The quantitative estimate of drug-likeness (QED) is 0.316. The van der Waals surface area contributed by atoms with Crippen molar-refractivity contribution < 1.29 is 48.0 Å². The SMILES string of the molecule is Nc1c[n+](CCCCCOCCC[n+]2cc(N)on2)no1.[Cl-].[Cl-]. The summed E-state index contributed by atoms with van der Waals surface area (Å²) in [7, 11) is 0. The molecule has 23 heavy (non-hydrogen) atoms. The van der Waals surface area contributed by atoms with Gasteiger partial charge in [-0.05, 0) is 12.8 Å². The number of unbranched alkanes of at least 4 members (excludes halogenated alkanes) is 2. The van der Waals surface area contributed by atoms with E-state index in [2.05, 4.69) is 10.5 Å². The highest BCUT2D eigenvalue weighted by Crippen LogP contribution is 1.98. The predicted molar refractivity (Wildman–Crippen MR) is 71.5 cm³/mol. The van der Waals surface area contributed by atoms with Crippen molar-refractivity contribution in [1.82, 2.24) is 10.5 Å². The Morgan fingerprint density at radius 3 is 1.87 bits per heavy atom. The molecule has 0 unspecified atom stereocenters. The summed E-state index contributed by atoms with van der Waals surface area (Å²) >= 11 is 0. The zero-order valence-corrected chi connectivity index (χ0v) is 14.2. The van der Waals surface area contributed by atoms with Crippen LogP contribution in [0.5, 0.6) is 0 Å². The van der Waals surface area contributed by atoms with Gasteiger partial charge in [0.2, 0.25) is 10.5 Å². The number of halogens is 2. The molecule has 0 aliphatic heterocycles. The molecule has 9 nitrogen and oxygen atoms in total. The molecule has 0 fully saturated rings. The second-order valence-corrected chi connectivity index (χ2v) is 4.76. The van der Waals surface area contributed by atoms with Crippen LogP contribution in [-0.4, -0.2) is 23.8 Å². The Morgan fingerprint density at radius 2 is 1.35 bits per heavy atom. The third-order valence-corrected chi connectivity index (χ3v) is 2.91. The molecule has 0 spiro atoms. The Balaban J connectivity index is 0.00000242. The molecule has 2 heterocycles. The van der Waals surface area contributed by atoms with Crippen molar-refractivity contribution >= 4 is 11.8 Å². The molecule has 2 aromatic rings. The molecule has 2 aromatic heterocycles. The van der Waals surface area contributed by atoms with Gasteiger partial charge in [0, 0.05) is 19.4 Å². The summed E-state index contributed by atoms with van der Waals surface area (Å²) in [4.78, 5) is 0. The second kappa shape index (κ2) is 11.9. The monoisotopic (exact) mass is 368 g/mol. The van der Waals surface area contributed by atoms with Crippen LogP contribution in [-0.2, 0) is 17.8 Å². The highest BCUT2D eigenvalue weighted by Gasteiger charge is 2.08. The number of aryl methyl sites for hydroxylation is 2. The highest BCUT2D eigenvalue weighted by molar-refractivity contribution is 5.11. The van der Waals surface area contributed by atoms with E-state index >= 15 is 0 Å². The Bertz CT molecular complexity index is 490. The summed E-state index contributed by atoms with van der Waals surface area (Å²) in [6, 6.07) is 0. The van der Waals surface area contributed by atoms with E-state index in [1.54, 1.807) is 21.8 Å². The summed E-state index contributed by atoms with van der Waals surface area (Å²) in [5.41, 5.74) is 10.9. The van der Waals surface area contributed by atoms with Crippen LogP contribution in [0.2, 0.25) is 0 Å². The highest BCUT2D eigenvalue weighted by atomic mass is 35.5.